The molecule has 1 aliphatic rings. The van der Waals surface area contributed by atoms with Gasteiger partial charge >= 0.3 is 0 Å². The van der Waals surface area contributed by atoms with Crippen molar-refractivity contribution >= 4 is 16.8 Å². The molecule has 3 N–H and O–H groups in total. The fraction of sp³-hybridized carbons (Fsp3) is 0.500. The van der Waals surface area contributed by atoms with Gasteiger partial charge in [0.05, 0.1) is 0 Å². The summed E-state index contributed by atoms with van der Waals surface area (Å²) in [5.74, 6) is 0.0116. The second-order valence-corrected chi connectivity index (χ2v) is 6.27. The second-order valence-electron chi connectivity index (χ2n) is 6.27. The largest absolute Gasteiger partial charge is 0.368 e. The molecular formula is C18H25N3O2. The van der Waals surface area contributed by atoms with E-state index in [-0.39, 0.29) is 5.91 Å². The Bertz CT molecular complexity index is 687. The molecule has 23 heavy (non-hydrogen) atoms. The van der Waals surface area contributed by atoms with Gasteiger partial charge in [0.2, 0.25) is 0 Å². The molecule has 0 aliphatic carbocycles. The van der Waals surface area contributed by atoms with Crippen molar-refractivity contribution < 1.29 is 9.53 Å². The van der Waals surface area contributed by atoms with Gasteiger partial charge in [-0.25, -0.2) is 0 Å². The summed E-state index contributed by atoms with van der Waals surface area (Å²) >= 11 is 0. The van der Waals surface area contributed by atoms with E-state index >= 15 is 0 Å². The molecule has 5 nitrogen and oxygen atoms in total. The fourth-order valence-corrected chi connectivity index (χ4v) is 3.40. The lowest BCUT2D eigenvalue weighted by molar-refractivity contribution is -0.146. The molecule has 1 saturated heterocycles. The molecule has 2 heterocycles. The van der Waals surface area contributed by atoms with Crippen LogP contribution in [0.3, 0.4) is 0 Å². The highest BCUT2D eigenvalue weighted by molar-refractivity contribution is 5.87. The number of methoxy groups -OCH3 is 1. The van der Waals surface area contributed by atoms with Crippen molar-refractivity contribution in [3.8, 4) is 0 Å². The Morgan fingerprint density at radius 3 is 2.87 bits per heavy atom. The molecule has 0 bridgehead atoms. The first-order valence-corrected chi connectivity index (χ1v) is 8.26. The number of aromatic amines is 1. The summed E-state index contributed by atoms with van der Waals surface area (Å²) in [5.41, 5.74) is 2.99. The molecule has 1 aliphatic heterocycles. The lowest BCUT2D eigenvalue weighted by Crippen LogP contribution is -2.54. The van der Waals surface area contributed by atoms with Crippen molar-refractivity contribution in [1.29, 1.82) is 0 Å². The number of benzene rings is 1. The number of H-pyrrole nitrogens is 1. The third-order valence-electron chi connectivity index (χ3n) is 4.91. The number of para-hydroxylation sites is 1. The van der Waals surface area contributed by atoms with Crippen molar-refractivity contribution in [1.82, 2.24) is 15.6 Å². The number of fused-ring (bicyclic) bond motifs is 1. The smallest absolute Gasteiger partial charge is 0.252 e. The number of piperidine rings is 1. The Morgan fingerprint density at radius 2 is 2.13 bits per heavy atom. The molecule has 1 aromatic heterocycles. The second kappa shape index (κ2) is 6.72. The maximum absolute atomic E-state index is 12.5. The van der Waals surface area contributed by atoms with E-state index in [1.165, 1.54) is 22.0 Å². The van der Waals surface area contributed by atoms with Crippen LogP contribution in [0.2, 0.25) is 0 Å². The molecule has 3 rings (SSSR count). The van der Waals surface area contributed by atoms with Gasteiger partial charge in [-0.05, 0) is 50.4 Å². The van der Waals surface area contributed by atoms with Gasteiger partial charge in [-0.3, -0.25) is 4.79 Å². The molecule has 124 valence electrons. The zero-order valence-electron chi connectivity index (χ0n) is 13.9. The van der Waals surface area contributed by atoms with Gasteiger partial charge in [-0.15, -0.1) is 0 Å². The summed E-state index contributed by atoms with van der Waals surface area (Å²) in [6.07, 6.45) is 4.30. The van der Waals surface area contributed by atoms with Crippen LogP contribution in [0.5, 0.6) is 0 Å². The number of aryl methyl sites for hydroxylation is 1. The number of rotatable bonds is 5. The van der Waals surface area contributed by atoms with Gasteiger partial charge in [0.15, 0.2) is 0 Å². The SMILES string of the molecule is COC1(C(=O)NCCc2c[nH]c3c(C)cccc23)CCNCC1. The molecule has 0 radical (unpaired) electrons. The zero-order valence-corrected chi connectivity index (χ0v) is 13.9. The molecule has 1 fully saturated rings. The van der Waals surface area contributed by atoms with Crippen LogP contribution in [0.1, 0.15) is 24.0 Å². The van der Waals surface area contributed by atoms with E-state index in [2.05, 4.69) is 40.7 Å². The minimum Gasteiger partial charge on any atom is -0.368 e. The number of nitrogens with one attached hydrogen (secondary N) is 3. The predicted molar refractivity (Wildman–Crippen MR) is 91.6 cm³/mol. The van der Waals surface area contributed by atoms with E-state index < -0.39 is 5.60 Å². The Balaban J connectivity index is 1.62. The van der Waals surface area contributed by atoms with Crippen LogP contribution in [-0.4, -0.2) is 43.2 Å². The Labute approximate surface area is 136 Å². The third kappa shape index (κ3) is 3.12. The van der Waals surface area contributed by atoms with Crippen molar-refractivity contribution in [2.75, 3.05) is 26.7 Å². The van der Waals surface area contributed by atoms with Crippen molar-refractivity contribution in [2.45, 2.75) is 31.8 Å². The van der Waals surface area contributed by atoms with Crippen molar-refractivity contribution in [2.24, 2.45) is 0 Å². The van der Waals surface area contributed by atoms with E-state index in [0.29, 0.717) is 6.54 Å². The normalized spacial score (nSPS) is 17.3. The maximum Gasteiger partial charge on any atom is 0.252 e. The van der Waals surface area contributed by atoms with Crippen LogP contribution in [0.4, 0.5) is 0 Å². The minimum absolute atomic E-state index is 0.0116. The average Bonchev–Trinajstić information content (AvgIpc) is 3.00. The highest BCUT2D eigenvalue weighted by Crippen LogP contribution is 2.23. The number of hydrogen-bond acceptors (Lipinski definition) is 3. The molecule has 1 amide bonds. The minimum atomic E-state index is -0.665. The lowest BCUT2D eigenvalue weighted by Gasteiger charge is -2.34. The highest BCUT2D eigenvalue weighted by atomic mass is 16.5. The molecule has 5 heteroatoms. The van der Waals surface area contributed by atoms with Crippen molar-refractivity contribution in [3.63, 3.8) is 0 Å². The van der Waals surface area contributed by atoms with Gasteiger partial charge in [0.25, 0.3) is 5.91 Å². The number of carbonyl (C=O) groups excluding carboxylic acids is 1. The predicted octanol–water partition coefficient (Wildman–Crippen LogP) is 1.90. The molecule has 1 aromatic carbocycles. The molecule has 0 atom stereocenters. The molecule has 0 spiro atoms. The molecular weight excluding hydrogens is 290 g/mol. The Kier molecular flexibility index (Phi) is 4.68. The molecule has 2 aromatic rings. The van der Waals surface area contributed by atoms with E-state index in [4.69, 9.17) is 4.74 Å². The standard InChI is InChI=1S/C18H25N3O2/c1-13-4-3-5-15-14(12-21-16(13)15)6-9-20-17(22)18(23-2)7-10-19-11-8-18/h3-5,12,19,21H,6-11H2,1-2H3,(H,20,22). The van der Waals surface area contributed by atoms with Crippen LogP contribution >= 0.6 is 0 Å². The fourth-order valence-electron chi connectivity index (χ4n) is 3.40. The summed E-state index contributed by atoms with van der Waals surface area (Å²) in [7, 11) is 1.63. The monoisotopic (exact) mass is 315 g/mol. The van der Waals surface area contributed by atoms with Gasteiger partial charge in [-0.2, -0.15) is 0 Å². The van der Waals surface area contributed by atoms with Crippen molar-refractivity contribution in [3.05, 3.63) is 35.5 Å². The first kappa shape index (κ1) is 16.0. The first-order chi connectivity index (χ1) is 11.2. The summed E-state index contributed by atoms with van der Waals surface area (Å²) in [5, 5.41) is 7.56. The van der Waals surface area contributed by atoms with Gasteiger partial charge in [-0.1, -0.05) is 18.2 Å². The summed E-state index contributed by atoms with van der Waals surface area (Å²) in [6, 6.07) is 6.30. The van der Waals surface area contributed by atoms with E-state index in [0.717, 1.165) is 32.4 Å². The van der Waals surface area contributed by atoms with E-state index in [1.54, 1.807) is 7.11 Å². The lowest BCUT2D eigenvalue weighted by atomic mass is 9.91. The van der Waals surface area contributed by atoms with Gasteiger partial charge in [0, 0.05) is 30.8 Å². The first-order valence-electron chi connectivity index (χ1n) is 8.26. The number of aromatic nitrogens is 1. The van der Waals surface area contributed by atoms with Crippen LogP contribution in [0.15, 0.2) is 24.4 Å². The van der Waals surface area contributed by atoms with E-state index in [1.807, 2.05) is 6.20 Å². The van der Waals surface area contributed by atoms with Crippen LogP contribution in [-0.2, 0) is 16.0 Å². The van der Waals surface area contributed by atoms with Gasteiger partial charge < -0.3 is 20.4 Å². The Morgan fingerprint density at radius 1 is 1.35 bits per heavy atom. The topological polar surface area (TPSA) is 66.1 Å². The van der Waals surface area contributed by atoms with Gasteiger partial charge in [0.1, 0.15) is 5.60 Å². The number of ether oxygens (including phenoxy) is 1. The van der Waals surface area contributed by atoms with Crippen LogP contribution in [0, 0.1) is 6.92 Å². The quantitative estimate of drug-likeness (QED) is 0.789. The number of amides is 1. The summed E-state index contributed by atoms with van der Waals surface area (Å²) < 4.78 is 5.56. The third-order valence-corrected chi connectivity index (χ3v) is 4.91. The summed E-state index contributed by atoms with van der Waals surface area (Å²) in [4.78, 5) is 15.9. The zero-order chi connectivity index (χ0) is 16.3. The maximum atomic E-state index is 12.5. The summed E-state index contributed by atoms with van der Waals surface area (Å²) in [6.45, 7) is 4.37. The highest BCUT2D eigenvalue weighted by Gasteiger charge is 2.39. The Hall–Kier alpha value is -1.85. The average molecular weight is 315 g/mol. The van der Waals surface area contributed by atoms with E-state index in [9.17, 15) is 4.79 Å². The molecule has 0 saturated carbocycles. The molecule has 0 unspecified atom stereocenters. The number of carbonyl (C=O) groups is 1. The number of hydrogen-bond donors (Lipinski definition) is 3. The van der Waals surface area contributed by atoms with Crippen LogP contribution < -0.4 is 10.6 Å². The van der Waals surface area contributed by atoms with Crippen LogP contribution in [0.25, 0.3) is 10.9 Å².